The summed E-state index contributed by atoms with van der Waals surface area (Å²) in [4.78, 5) is 1.43. The molecule has 0 spiro atoms. The van der Waals surface area contributed by atoms with E-state index >= 15 is 0 Å². The maximum atomic E-state index is 2.33. The highest BCUT2D eigenvalue weighted by atomic mass is 32.2. The third-order valence-corrected chi connectivity index (χ3v) is 3.14. The minimum Gasteiger partial charge on any atom is -0.0981 e. The van der Waals surface area contributed by atoms with Crippen molar-refractivity contribution in [3.05, 3.63) is 40.8 Å². The molecule has 1 aromatic rings. The van der Waals surface area contributed by atoms with Gasteiger partial charge in [0.25, 0.3) is 0 Å². The van der Waals surface area contributed by atoms with E-state index in [0.717, 1.165) is 12.8 Å². The second kappa shape index (κ2) is 3.36. The molecule has 1 heterocycles. The van der Waals surface area contributed by atoms with Crippen molar-refractivity contribution in [2.75, 3.05) is 0 Å². The van der Waals surface area contributed by atoms with E-state index in [1.807, 2.05) is 11.8 Å². The predicted octanol–water partition coefficient (Wildman–Crippen LogP) is 3.41. The molecule has 0 fully saturated rings. The number of benzene rings is 1. The van der Waals surface area contributed by atoms with Crippen LogP contribution in [0.1, 0.15) is 18.1 Å². The molecule has 0 saturated heterocycles. The van der Waals surface area contributed by atoms with Crippen LogP contribution in [0, 0.1) is 0 Å². The van der Waals surface area contributed by atoms with Crippen LogP contribution in [0.2, 0.25) is 0 Å². The molecule has 0 atom stereocenters. The summed E-state index contributed by atoms with van der Waals surface area (Å²) < 4.78 is 0. The Morgan fingerprint density at radius 2 is 2.33 bits per heavy atom. The quantitative estimate of drug-likeness (QED) is 0.632. The van der Waals surface area contributed by atoms with Crippen LogP contribution in [0.5, 0.6) is 0 Å². The Labute approximate surface area is 77.7 Å². The topological polar surface area (TPSA) is 0 Å². The van der Waals surface area contributed by atoms with Crippen LogP contribution in [-0.2, 0) is 12.8 Å². The molecule has 1 heteroatoms. The molecule has 0 unspecified atom stereocenters. The zero-order valence-corrected chi connectivity index (χ0v) is 8.03. The molecule has 12 heavy (non-hydrogen) atoms. The van der Waals surface area contributed by atoms with Gasteiger partial charge in [-0.2, -0.15) is 0 Å². The van der Waals surface area contributed by atoms with Crippen LogP contribution in [0.3, 0.4) is 0 Å². The largest absolute Gasteiger partial charge is 0.0981 e. The molecular formula is C11H12S. The number of allylic oxidation sites excluding steroid dienone is 1. The molecular weight excluding hydrogens is 164 g/mol. The Balaban J connectivity index is 2.39. The van der Waals surface area contributed by atoms with E-state index in [9.17, 15) is 0 Å². The fourth-order valence-corrected chi connectivity index (χ4v) is 2.20. The number of rotatable bonds is 1. The summed E-state index contributed by atoms with van der Waals surface area (Å²) in [5.41, 5.74) is 2.94. The monoisotopic (exact) mass is 176 g/mol. The molecule has 1 aromatic carbocycles. The van der Waals surface area contributed by atoms with Crippen molar-refractivity contribution in [2.24, 2.45) is 0 Å². The zero-order valence-electron chi connectivity index (χ0n) is 7.21. The van der Waals surface area contributed by atoms with Crippen molar-refractivity contribution < 1.29 is 0 Å². The zero-order chi connectivity index (χ0) is 8.39. The lowest BCUT2D eigenvalue weighted by Crippen LogP contribution is -1.91. The predicted molar refractivity (Wildman–Crippen MR) is 54.5 cm³/mol. The first-order valence-electron chi connectivity index (χ1n) is 4.33. The standard InChI is InChI=1S/C11H12S/c1-2-9-5-6-11-10(8-9)4-3-7-12-11/h3,5-8H,2,4H2,1H3. The van der Waals surface area contributed by atoms with Crippen LogP contribution in [0.4, 0.5) is 0 Å². The second-order valence-corrected chi connectivity index (χ2v) is 3.94. The van der Waals surface area contributed by atoms with Crippen LogP contribution in [0.15, 0.2) is 34.6 Å². The van der Waals surface area contributed by atoms with Gasteiger partial charge in [-0.05, 0) is 35.4 Å². The molecule has 0 aromatic heterocycles. The first-order valence-corrected chi connectivity index (χ1v) is 5.21. The lowest BCUT2D eigenvalue weighted by Gasteiger charge is -2.10. The number of fused-ring (bicyclic) bond motifs is 1. The lowest BCUT2D eigenvalue weighted by atomic mass is 10.1. The Kier molecular flexibility index (Phi) is 2.22. The SMILES string of the molecule is CCc1ccc2c(c1)CC=CS2. The Hall–Kier alpha value is -0.690. The highest BCUT2D eigenvalue weighted by molar-refractivity contribution is 8.02. The van der Waals surface area contributed by atoms with E-state index < -0.39 is 0 Å². The summed E-state index contributed by atoms with van der Waals surface area (Å²) in [7, 11) is 0. The first kappa shape index (κ1) is 7.93. The molecule has 0 amide bonds. The molecule has 2 rings (SSSR count). The summed E-state index contributed by atoms with van der Waals surface area (Å²) in [5, 5.41) is 2.17. The molecule has 0 saturated carbocycles. The summed E-state index contributed by atoms with van der Waals surface area (Å²) in [6.07, 6.45) is 4.48. The summed E-state index contributed by atoms with van der Waals surface area (Å²) >= 11 is 1.83. The van der Waals surface area contributed by atoms with Gasteiger partial charge < -0.3 is 0 Å². The van der Waals surface area contributed by atoms with Crippen LogP contribution >= 0.6 is 11.8 Å². The van der Waals surface area contributed by atoms with Gasteiger partial charge in [0.05, 0.1) is 0 Å². The number of aryl methyl sites for hydroxylation is 1. The Morgan fingerprint density at radius 1 is 1.42 bits per heavy atom. The third-order valence-electron chi connectivity index (χ3n) is 2.16. The lowest BCUT2D eigenvalue weighted by molar-refractivity contribution is 1.08. The van der Waals surface area contributed by atoms with Gasteiger partial charge in [-0.15, -0.1) is 0 Å². The molecule has 1 aliphatic rings. The maximum Gasteiger partial charge on any atom is 0.0151 e. The van der Waals surface area contributed by atoms with E-state index in [4.69, 9.17) is 0 Å². The minimum atomic E-state index is 1.11. The molecule has 0 bridgehead atoms. The van der Waals surface area contributed by atoms with Gasteiger partial charge in [0, 0.05) is 4.90 Å². The van der Waals surface area contributed by atoms with E-state index in [0.29, 0.717) is 0 Å². The van der Waals surface area contributed by atoms with Gasteiger partial charge in [-0.25, -0.2) is 0 Å². The van der Waals surface area contributed by atoms with E-state index in [1.165, 1.54) is 16.0 Å². The van der Waals surface area contributed by atoms with E-state index in [-0.39, 0.29) is 0 Å². The van der Waals surface area contributed by atoms with Gasteiger partial charge in [0.15, 0.2) is 0 Å². The third kappa shape index (κ3) is 1.42. The Bertz CT molecular complexity index is 313. The van der Waals surface area contributed by atoms with E-state index in [1.54, 1.807) is 0 Å². The van der Waals surface area contributed by atoms with Crippen LogP contribution < -0.4 is 0 Å². The van der Waals surface area contributed by atoms with Crippen molar-refractivity contribution in [1.29, 1.82) is 0 Å². The summed E-state index contributed by atoms with van der Waals surface area (Å²) in [5.74, 6) is 0. The van der Waals surface area contributed by atoms with Crippen molar-refractivity contribution in [3.8, 4) is 0 Å². The number of hydrogen-bond acceptors (Lipinski definition) is 1. The van der Waals surface area contributed by atoms with Crippen molar-refractivity contribution >= 4 is 11.8 Å². The molecule has 0 radical (unpaired) electrons. The van der Waals surface area contributed by atoms with Crippen LogP contribution in [-0.4, -0.2) is 0 Å². The molecule has 0 nitrogen and oxygen atoms in total. The minimum absolute atomic E-state index is 1.11. The van der Waals surface area contributed by atoms with Gasteiger partial charge in [-0.3, -0.25) is 0 Å². The van der Waals surface area contributed by atoms with Gasteiger partial charge >= 0.3 is 0 Å². The van der Waals surface area contributed by atoms with Gasteiger partial charge in [0.1, 0.15) is 0 Å². The van der Waals surface area contributed by atoms with Crippen molar-refractivity contribution in [3.63, 3.8) is 0 Å². The van der Waals surface area contributed by atoms with Gasteiger partial charge in [0.2, 0.25) is 0 Å². The fraction of sp³-hybridized carbons (Fsp3) is 0.273. The average molecular weight is 176 g/mol. The normalized spacial score (nSPS) is 14.4. The van der Waals surface area contributed by atoms with Gasteiger partial charge in [-0.1, -0.05) is 36.9 Å². The van der Waals surface area contributed by atoms with Crippen LogP contribution in [0.25, 0.3) is 0 Å². The maximum absolute atomic E-state index is 2.33. The van der Waals surface area contributed by atoms with E-state index in [2.05, 4.69) is 36.6 Å². The summed E-state index contributed by atoms with van der Waals surface area (Å²) in [6.45, 7) is 2.20. The van der Waals surface area contributed by atoms with Crippen molar-refractivity contribution in [2.45, 2.75) is 24.7 Å². The smallest absolute Gasteiger partial charge is 0.0151 e. The Morgan fingerprint density at radius 3 is 3.17 bits per heavy atom. The van der Waals surface area contributed by atoms with Crippen molar-refractivity contribution in [1.82, 2.24) is 0 Å². The highest BCUT2D eigenvalue weighted by Gasteiger charge is 2.04. The number of thioether (sulfide) groups is 1. The highest BCUT2D eigenvalue weighted by Crippen LogP contribution is 2.29. The molecule has 1 aliphatic heterocycles. The molecule has 0 N–H and O–H groups in total. The first-order chi connectivity index (χ1) is 5.90. The second-order valence-electron chi connectivity index (χ2n) is 2.99. The fourth-order valence-electron chi connectivity index (χ4n) is 1.42. The molecule has 0 aliphatic carbocycles. The number of hydrogen-bond donors (Lipinski definition) is 0. The summed E-state index contributed by atoms with van der Waals surface area (Å²) in [6, 6.07) is 6.79. The average Bonchev–Trinajstić information content (AvgIpc) is 2.17. The molecule has 62 valence electrons.